The predicted octanol–water partition coefficient (Wildman–Crippen LogP) is 4.31. The van der Waals surface area contributed by atoms with E-state index in [9.17, 15) is 0 Å². The van der Waals surface area contributed by atoms with Gasteiger partial charge in [-0.3, -0.25) is 0 Å². The Morgan fingerprint density at radius 2 is 1.84 bits per heavy atom. The van der Waals surface area contributed by atoms with Crippen LogP contribution < -0.4 is 5.43 Å². The minimum Gasteiger partial charge on any atom is -0.249 e. The van der Waals surface area contributed by atoms with Gasteiger partial charge in [0.05, 0.1) is 0 Å². The van der Waals surface area contributed by atoms with Crippen LogP contribution in [0.3, 0.4) is 0 Å². The second kappa shape index (κ2) is 5.94. The minimum atomic E-state index is 0.272. The zero-order valence-electron chi connectivity index (χ0n) is 13.0. The molecule has 0 aromatic carbocycles. The van der Waals surface area contributed by atoms with E-state index in [0.29, 0.717) is 12.1 Å². The van der Waals surface area contributed by atoms with Gasteiger partial charge in [0.15, 0.2) is 0 Å². The van der Waals surface area contributed by atoms with Crippen molar-refractivity contribution in [3.8, 4) is 0 Å². The summed E-state index contributed by atoms with van der Waals surface area (Å²) in [5.74, 6) is 0. The molecule has 0 spiro atoms. The predicted molar refractivity (Wildman–Crippen MR) is 84.5 cm³/mol. The lowest BCUT2D eigenvalue weighted by atomic mass is 9.95. The van der Waals surface area contributed by atoms with Gasteiger partial charge in [-0.1, -0.05) is 27.2 Å². The van der Waals surface area contributed by atoms with Gasteiger partial charge in [0.1, 0.15) is 0 Å². The SMILES string of the molecule is CC1CCCC(C)N1NCc1ccc(C(C)(C)C)s1. The van der Waals surface area contributed by atoms with Gasteiger partial charge in [0, 0.05) is 28.4 Å². The molecule has 1 aliphatic rings. The second-order valence-electron chi connectivity index (χ2n) is 6.89. The first kappa shape index (κ1) is 15.0. The van der Waals surface area contributed by atoms with Gasteiger partial charge >= 0.3 is 0 Å². The van der Waals surface area contributed by atoms with Gasteiger partial charge in [-0.15, -0.1) is 11.3 Å². The molecule has 1 saturated heterocycles. The Bertz CT molecular complexity index is 395. The van der Waals surface area contributed by atoms with Crippen LogP contribution in [-0.4, -0.2) is 17.1 Å². The van der Waals surface area contributed by atoms with Gasteiger partial charge in [0.2, 0.25) is 0 Å². The quantitative estimate of drug-likeness (QED) is 0.887. The fraction of sp³-hybridized carbons (Fsp3) is 0.750. The molecule has 2 atom stereocenters. The smallest absolute Gasteiger partial charge is 0.0447 e. The molecular weight excluding hydrogens is 252 g/mol. The van der Waals surface area contributed by atoms with E-state index in [1.54, 1.807) is 0 Å². The maximum atomic E-state index is 3.65. The monoisotopic (exact) mass is 280 g/mol. The van der Waals surface area contributed by atoms with Crippen molar-refractivity contribution in [2.75, 3.05) is 0 Å². The summed E-state index contributed by atoms with van der Waals surface area (Å²) in [6.07, 6.45) is 4.00. The molecule has 0 bridgehead atoms. The molecule has 1 aromatic rings. The standard InChI is InChI=1S/C16H28N2S/c1-12-7-6-8-13(2)18(12)17-11-14-9-10-15(19-14)16(3,4)5/h9-10,12-13,17H,6-8,11H2,1-5H3. The second-order valence-corrected chi connectivity index (χ2v) is 8.06. The number of nitrogens with zero attached hydrogens (tertiary/aromatic N) is 1. The molecule has 19 heavy (non-hydrogen) atoms. The highest BCUT2D eigenvalue weighted by Gasteiger charge is 2.24. The minimum absolute atomic E-state index is 0.272. The summed E-state index contributed by atoms with van der Waals surface area (Å²) in [6.45, 7) is 12.5. The summed E-state index contributed by atoms with van der Waals surface area (Å²) in [4.78, 5) is 2.92. The van der Waals surface area contributed by atoms with Crippen molar-refractivity contribution < 1.29 is 0 Å². The van der Waals surface area contributed by atoms with Gasteiger partial charge in [-0.05, 0) is 44.2 Å². The van der Waals surface area contributed by atoms with Crippen LogP contribution in [0.1, 0.15) is 63.6 Å². The molecule has 0 radical (unpaired) electrons. The fourth-order valence-electron chi connectivity index (χ4n) is 2.78. The van der Waals surface area contributed by atoms with E-state index in [4.69, 9.17) is 0 Å². The Balaban J connectivity index is 1.93. The molecule has 108 valence electrons. The van der Waals surface area contributed by atoms with Gasteiger partial charge in [0.25, 0.3) is 0 Å². The Kier molecular flexibility index (Phi) is 4.70. The summed E-state index contributed by atoms with van der Waals surface area (Å²) in [7, 11) is 0. The molecule has 0 saturated carbocycles. The van der Waals surface area contributed by atoms with Crippen LogP contribution in [0.25, 0.3) is 0 Å². The number of nitrogens with one attached hydrogen (secondary N) is 1. The Morgan fingerprint density at radius 3 is 2.37 bits per heavy atom. The van der Waals surface area contributed by atoms with E-state index in [-0.39, 0.29) is 5.41 Å². The lowest BCUT2D eigenvalue weighted by Gasteiger charge is -2.39. The molecule has 1 N–H and O–H groups in total. The van der Waals surface area contributed by atoms with Crippen molar-refractivity contribution in [3.63, 3.8) is 0 Å². The molecule has 1 fully saturated rings. The van der Waals surface area contributed by atoms with E-state index in [2.05, 4.69) is 57.2 Å². The summed E-state index contributed by atoms with van der Waals surface area (Å²) in [6, 6.07) is 5.87. The zero-order chi connectivity index (χ0) is 14.0. The highest BCUT2D eigenvalue weighted by molar-refractivity contribution is 7.12. The van der Waals surface area contributed by atoms with Crippen LogP contribution in [-0.2, 0) is 12.0 Å². The van der Waals surface area contributed by atoms with Crippen molar-refractivity contribution in [2.24, 2.45) is 0 Å². The summed E-state index contributed by atoms with van der Waals surface area (Å²) in [5.41, 5.74) is 3.92. The lowest BCUT2D eigenvalue weighted by Crippen LogP contribution is -2.51. The molecular formula is C16H28N2S. The van der Waals surface area contributed by atoms with Gasteiger partial charge in [-0.25, -0.2) is 10.4 Å². The maximum absolute atomic E-state index is 3.65. The zero-order valence-corrected chi connectivity index (χ0v) is 13.8. The summed E-state index contributed by atoms with van der Waals surface area (Å²) in [5, 5.41) is 2.46. The molecule has 1 aliphatic heterocycles. The van der Waals surface area contributed by atoms with E-state index < -0.39 is 0 Å². The first-order valence-electron chi connectivity index (χ1n) is 7.49. The molecule has 0 amide bonds. The molecule has 3 heteroatoms. The van der Waals surface area contributed by atoms with Crippen molar-refractivity contribution in [1.82, 2.24) is 10.4 Å². The summed E-state index contributed by atoms with van der Waals surface area (Å²) < 4.78 is 0. The maximum Gasteiger partial charge on any atom is 0.0447 e. The molecule has 2 rings (SSSR count). The number of hydrogen-bond donors (Lipinski definition) is 1. The lowest BCUT2D eigenvalue weighted by molar-refractivity contribution is 0.0439. The average Bonchev–Trinajstić information content (AvgIpc) is 2.77. The Hall–Kier alpha value is -0.380. The van der Waals surface area contributed by atoms with Crippen LogP contribution in [0.4, 0.5) is 0 Å². The Morgan fingerprint density at radius 1 is 1.21 bits per heavy atom. The van der Waals surface area contributed by atoms with Crippen LogP contribution >= 0.6 is 11.3 Å². The van der Waals surface area contributed by atoms with Crippen molar-refractivity contribution in [2.45, 2.75) is 77.9 Å². The van der Waals surface area contributed by atoms with Gasteiger partial charge in [-0.2, -0.15) is 0 Å². The van der Waals surface area contributed by atoms with Crippen LogP contribution in [0, 0.1) is 0 Å². The number of piperidine rings is 1. The highest BCUT2D eigenvalue weighted by atomic mass is 32.1. The molecule has 2 heterocycles. The topological polar surface area (TPSA) is 15.3 Å². The third-order valence-corrected chi connectivity index (χ3v) is 5.54. The molecule has 0 aliphatic carbocycles. The van der Waals surface area contributed by atoms with E-state index in [1.807, 2.05) is 11.3 Å². The first-order chi connectivity index (χ1) is 8.88. The molecule has 1 aromatic heterocycles. The van der Waals surface area contributed by atoms with Crippen LogP contribution in [0.2, 0.25) is 0 Å². The van der Waals surface area contributed by atoms with E-state index in [1.165, 1.54) is 29.0 Å². The highest BCUT2D eigenvalue weighted by Crippen LogP contribution is 2.29. The van der Waals surface area contributed by atoms with Gasteiger partial charge < -0.3 is 0 Å². The molecule has 2 unspecified atom stereocenters. The normalized spacial score (nSPS) is 25.7. The van der Waals surface area contributed by atoms with Crippen molar-refractivity contribution in [3.05, 3.63) is 21.9 Å². The van der Waals surface area contributed by atoms with Crippen molar-refractivity contribution in [1.29, 1.82) is 0 Å². The fourth-order valence-corrected chi connectivity index (χ4v) is 3.78. The van der Waals surface area contributed by atoms with Crippen LogP contribution in [0.15, 0.2) is 12.1 Å². The van der Waals surface area contributed by atoms with E-state index >= 15 is 0 Å². The molecule has 2 nitrogen and oxygen atoms in total. The number of thiophene rings is 1. The summed E-state index contributed by atoms with van der Waals surface area (Å²) >= 11 is 1.94. The number of hydrazine groups is 1. The third kappa shape index (κ3) is 3.80. The average molecular weight is 280 g/mol. The third-order valence-electron chi connectivity index (χ3n) is 4.03. The Labute approximate surface area is 122 Å². The largest absolute Gasteiger partial charge is 0.249 e. The number of rotatable bonds is 3. The van der Waals surface area contributed by atoms with E-state index in [0.717, 1.165) is 6.54 Å². The first-order valence-corrected chi connectivity index (χ1v) is 8.30. The number of hydrogen-bond acceptors (Lipinski definition) is 3. The van der Waals surface area contributed by atoms with Crippen molar-refractivity contribution >= 4 is 11.3 Å². The van der Waals surface area contributed by atoms with Crippen LogP contribution in [0.5, 0.6) is 0 Å².